The Morgan fingerprint density at radius 3 is 2.72 bits per heavy atom. The number of carbonyl (C=O) groups is 1. The van der Waals surface area contributed by atoms with Crippen molar-refractivity contribution in [1.29, 1.82) is 0 Å². The fraction of sp³-hybridized carbons (Fsp3) is 0.909. The van der Waals surface area contributed by atoms with Crippen LogP contribution in [0.1, 0.15) is 64.7 Å². The molecular weight excluding hydrogens is 371 g/mol. The summed E-state index contributed by atoms with van der Waals surface area (Å²) in [6, 6.07) is 0. The minimum absolute atomic E-state index is 0.0833. The molecule has 6 nitrogen and oxygen atoms in total. The number of halogens is 1. The fourth-order valence-electron chi connectivity index (χ4n) is 8.12. The molecule has 29 heavy (non-hydrogen) atoms. The van der Waals surface area contributed by atoms with E-state index in [4.69, 9.17) is 0 Å². The zero-order valence-electron chi connectivity index (χ0n) is 17.3. The first kappa shape index (κ1) is 19.6. The van der Waals surface area contributed by atoms with Crippen molar-refractivity contribution in [3.63, 3.8) is 0 Å². The number of fused-ring (bicyclic) bond motifs is 5. The van der Waals surface area contributed by atoms with Gasteiger partial charge in [-0.25, -0.2) is 4.39 Å². The van der Waals surface area contributed by atoms with Crippen LogP contribution in [0.4, 0.5) is 4.39 Å². The van der Waals surface area contributed by atoms with Gasteiger partial charge in [-0.1, -0.05) is 6.92 Å². The summed E-state index contributed by atoms with van der Waals surface area (Å²) in [6.07, 6.45) is 10.3. The number of ketones is 1. The lowest BCUT2D eigenvalue weighted by Gasteiger charge is -2.56. The second-order valence-corrected chi connectivity index (χ2v) is 10.6. The molecule has 1 N–H and O–H groups in total. The van der Waals surface area contributed by atoms with Crippen LogP contribution < -0.4 is 0 Å². The van der Waals surface area contributed by atoms with Crippen LogP contribution in [0, 0.1) is 40.9 Å². The number of tetrazole rings is 1. The molecule has 0 bridgehead atoms. The first-order valence-corrected chi connectivity index (χ1v) is 11.5. The van der Waals surface area contributed by atoms with Crippen LogP contribution in [0.5, 0.6) is 0 Å². The number of aliphatic hydroxyl groups is 1. The lowest BCUT2D eigenvalue weighted by Crippen LogP contribution is -2.52. The Kier molecular flexibility index (Phi) is 4.80. The Morgan fingerprint density at radius 1 is 1.14 bits per heavy atom. The Balaban J connectivity index is 1.31. The van der Waals surface area contributed by atoms with Gasteiger partial charge in [0.1, 0.15) is 13.2 Å². The Hall–Kier alpha value is -1.37. The van der Waals surface area contributed by atoms with Crippen LogP contribution in [-0.2, 0) is 11.3 Å². The molecule has 8 atom stereocenters. The third-order valence-corrected chi connectivity index (χ3v) is 9.43. The van der Waals surface area contributed by atoms with E-state index in [2.05, 4.69) is 22.3 Å². The Labute approximate surface area is 171 Å². The molecule has 0 aromatic carbocycles. The molecule has 1 aromatic heterocycles. The number of Topliss-reactive ketones (excluding diaryl/α,β-unsaturated/α-hetero) is 1. The van der Waals surface area contributed by atoms with Crippen LogP contribution in [0.3, 0.4) is 0 Å². The summed E-state index contributed by atoms with van der Waals surface area (Å²) >= 11 is 0. The third-order valence-electron chi connectivity index (χ3n) is 9.43. The summed E-state index contributed by atoms with van der Waals surface area (Å²) in [5, 5.41) is 22.1. The molecule has 5 rings (SSSR count). The smallest absolute Gasteiger partial charge is 0.162 e. The van der Waals surface area contributed by atoms with E-state index in [1.165, 1.54) is 24.0 Å². The van der Waals surface area contributed by atoms with E-state index in [1.807, 2.05) is 0 Å². The van der Waals surface area contributed by atoms with Gasteiger partial charge in [-0.3, -0.25) is 4.79 Å². The molecule has 0 aliphatic heterocycles. The monoisotopic (exact) mass is 404 g/mol. The Bertz CT molecular complexity index is 758. The molecule has 4 aliphatic carbocycles. The molecule has 0 radical (unpaired) electrons. The quantitative estimate of drug-likeness (QED) is 0.833. The summed E-state index contributed by atoms with van der Waals surface area (Å²) in [6.45, 7) is 1.98. The van der Waals surface area contributed by atoms with E-state index in [-0.39, 0.29) is 23.7 Å². The van der Waals surface area contributed by atoms with E-state index in [0.29, 0.717) is 42.4 Å². The number of carbonyl (C=O) groups excluding carboxylic acids is 1. The van der Waals surface area contributed by atoms with Crippen molar-refractivity contribution in [1.82, 2.24) is 20.2 Å². The molecule has 0 saturated heterocycles. The molecule has 1 aromatic rings. The van der Waals surface area contributed by atoms with E-state index < -0.39 is 12.3 Å². The highest BCUT2D eigenvalue weighted by molar-refractivity contribution is 5.81. The summed E-state index contributed by atoms with van der Waals surface area (Å²) in [5.41, 5.74) is -0.989. The fourth-order valence-corrected chi connectivity index (χ4v) is 8.12. The lowest BCUT2D eigenvalue weighted by molar-refractivity contribution is -0.134. The maximum Gasteiger partial charge on any atom is 0.162 e. The number of hydrogen-bond acceptors (Lipinski definition) is 5. The SMILES string of the molecule is C[C@]12CC[C@H]3[C@@H](CC[C@H]4C[C@@](O)(CF)CC[C@@H]43)[C@@H]1CC[C@@H]2C(=O)Cn1ncnn1. The van der Waals surface area contributed by atoms with Crippen LogP contribution in [-0.4, -0.2) is 43.4 Å². The summed E-state index contributed by atoms with van der Waals surface area (Å²) < 4.78 is 13.3. The highest BCUT2D eigenvalue weighted by Crippen LogP contribution is 2.64. The maximum atomic E-state index is 13.3. The van der Waals surface area contributed by atoms with E-state index in [9.17, 15) is 14.3 Å². The Morgan fingerprint density at radius 2 is 1.97 bits per heavy atom. The minimum Gasteiger partial charge on any atom is -0.387 e. The van der Waals surface area contributed by atoms with Crippen LogP contribution in [0.25, 0.3) is 0 Å². The molecule has 4 fully saturated rings. The van der Waals surface area contributed by atoms with Crippen LogP contribution >= 0.6 is 0 Å². The number of aromatic nitrogens is 4. The zero-order valence-corrected chi connectivity index (χ0v) is 17.3. The van der Waals surface area contributed by atoms with E-state index in [1.54, 1.807) is 0 Å². The molecule has 4 saturated carbocycles. The van der Waals surface area contributed by atoms with Gasteiger partial charge in [-0.2, -0.15) is 4.80 Å². The molecule has 4 aliphatic rings. The minimum atomic E-state index is -1.07. The molecule has 0 spiro atoms. The summed E-state index contributed by atoms with van der Waals surface area (Å²) in [4.78, 5) is 14.5. The third kappa shape index (κ3) is 3.15. The molecule has 1 heterocycles. The van der Waals surface area contributed by atoms with E-state index in [0.717, 1.165) is 32.1 Å². The van der Waals surface area contributed by atoms with E-state index >= 15 is 0 Å². The highest BCUT2D eigenvalue weighted by atomic mass is 19.1. The highest BCUT2D eigenvalue weighted by Gasteiger charge is 2.59. The van der Waals surface area contributed by atoms with Crippen molar-refractivity contribution in [2.45, 2.75) is 76.9 Å². The van der Waals surface area contributed by atoms with Gasteiger partial charge >= 0.3 is 0 Å². The molecule has 0 amide bonds. The van der Waals surface area contributed by atoms with Gasteiger partial charge in [0.15, 0.2) is 12.1 Å². The average Bonchev–Trinajstić information content (AvgIpc) is 3.34. The van der Waals surface area contributed by atoms with Crippen molar-refractivity contribution < 1.29 is 14.3 Å². The number of hydrogen-bond donors (Lipinski definition) is 1. The predicted octanol–water partition coefficient (Wildman–Crippen LogP) is 3.21. The van der Waals surface area contributed by atoms with Crippen molar-refractivity contribution >= 4 is 5.78 Å². The number of rotatable bonds is 4. The van der Waals surface area contributed by atoms with Crippen LogP contribution in [0.15, 0.2) is 6.33 Å². The molecular formula is C22H33FN4O2. The van der Waals surface area contributed by atoms with Gasteiger partial charge in [0.05, 0.1) is 5.60 Å². The second-order valence-electron chi connectivity index (χ2n) is 10.6. The summed E-state index contributed by atoms with van der Waals surface area (Å²) in [7, 11) is 0. The van der Waals surface area contributed by atoms with Gasteiger partial charge in [0.2, 0.25) is 0 Å². The maximum absolute atomic E-state index is 13.3. The topological polar surface area (TPSA) is 80.9 Å². The summed E-state index contributed by atoms with van der Waals surface area (Å²) in [5.74, 6) is 3.47. The second kappa shape index (κ2) is 7.10. The first-order chi connectivity index (χ1) is 13.9. The van der Waals surface area contributed by atoms with Crippen molar-refractivity contribution in [3.8, 4) is 0 Å². The lowest BCUT2D eigenvalue weighted by atomic mass is 9.49. The first-order valence-electron chi connectivity index (χ1n) is 11.5. The largest absolute Gasteiger partial charge is 0.387 e. The number of nitrogens with zero attached hydrogens (tertiary/aromatic N) is 4. The number of alkyl halides is 1. The average molecular weight is 405 g/mol. The zero-order chi connectivity index (χ0) is 20.2. The van der Waals surface area contributed by atoms with Gasteiger partial charge < -0.3 is 5.11 Å². The van der Waals surface area contributed by atoms with Crippen molar-refractivity contribution in [2.24, 2.45) is 40.9 Å². The van der Waals surface area contributed by atoms with Crippen molar-refractivity contribution in [3.05, 3.63) is 6.33 Å². The molecule has 0 unspecified atom stereocenters. The van der Waals surface area contributed by atoms with Gasteiger partial charge in [0, 0.05) is 5.92 Å². The van der Waals surface area contributed by atoms with Crippen LogP contribution in [0.2, 0.25) is 0 Å². The molecule has 7 heteroatoms. The predicted molar refractivity (Wildman–Crippen MR) is 104 cm³/mol. The van der Waals surface area contributed by atoms with Crippen molar-refractivity contribution in [2.75, 3.05) is 6.67 Å². The molecule has 160 valence electrons. The standard InChI is InChI=1S/C22H33FN4O2/c1-21-8-6-16-15-7-9-22(29,12-23)10-14(15)2-3-17(16)18(21)4-5-19(21)20(28)11-27-25-13-24-26-27/h13-19,29H,2-12H2,1H3/t14-,15-,16+,17+,18-,19+,21-,22+/m0/s1. The normalized spacial score (nSPS) is 46.6. The van der Waals surface area contributed by atoms with Gasteiger partial charge in [0.25, 0.3) is 0 Å². The van der Waals surface area contributed by atoms with Gasteiger partial charge in [-0.05, 0) is 98.0 Å². The van der Waals surface area contributed by atoms with Gasteiger partial charge in [-0.15, -0.1) is 10.2 Å².